The molecule has 6 nitrogen and oxygen atoms in total. The van der Waals surface area contributed by atoms with E-state index in [2.05, 4.69) is 142 Å². The second-order valence-electron chi connectivity index (χ2n) is 14.5. The van der Waals surface area contributed by atoms with Crippen molar-refractivity contribution in [2.45, 2.75) is 32.7 Å². The van der Waals surface area contributed by atoms with Gasteiger partial charge in [-0.15, -0.1) is 22.7 Å². The van der Waals surface area contributed by atoms with Crippen LogP contribution in [0, 0.1) is 0 Å². The predicted molar refractivity (Wildman–Crippen MR) is 199 cm³/mol. The van der Waals surface area contributed by atoms with Crippen molar-refractivity contribution in [2.24, 2.45) is 0 Å². The Morgan fingerprint density at radius 1 is 0.830 bits per heavy atom. The van der Waals surface area contributed by atoms with E-state index in [1.54, 1.807) is 22.7 Å². The second-order valence-corrected chi connectivity index (χ2v) is 16.4. The molecule has 47 heavy (non-hydrogen) atoms. The van der Waals surface area contributed by atoms with Crippen LogP contribution in [-0.2, 0) is 6.54 Å². The van der Waals surface area contributed by atoms with Crippen LogP contribution < -0.4 is 14.2 Å². The van der Waals surface area contributed by atoms with Crippen LogP contribution in [0.3, 0.4) is 0 Å². The number of thiophene rings is 2. The Labute approximate surface area is 288 Å². The van der Waals surface area contributed by atoms with Crippen molar-refractivity contribution in [1.29, 1.82) is 0 Å². The summed E-state index contributed by atoms with van der Waals surface area (Å²) >= 11 is 3.54. The number of rotatable bonds is 13. The van der Waals surface area contributed by atoms with Gasteiger partial charge in [-0.1, -0.05) is 19.1 Å². The molecule has 0 fully saturated rings. The smallest absolute Gasteiger partial charge is 0.374 e. The number of quaternary nitrogens is 2. The summed E-state index contributed by atoms with van der Waals surface area (Å²) in [4.78, 5) is 4.91. The van der Waals surface area contributed by atoms with Crippen LogP contribution in [0.15, 0.2) is 93.4 Å². The Balaban J connectivity index is 1.37. The molecule has 0 unspecified atom stereocenters. The van der Waals surface area contributed by atoms with Crippen LogP contribution in [0.2, 0.25) is 0 Å². The molecule has 0 radical (unpaired) electrons. The molecule has 0 saturated heterocycles. The van der Waals surface area contributed by atoms with E-state index in [0.29, 0.717) is 0 Å². The number of allylic oxidation sites excluding steroid dienone is 2. The molecule has 8 heteroatoms. The van der Waals surface area contributed by atoms with Crippen molar-refractivity contribution >= 4 is 45.5 Å². The molecule has 1 aliphatic rings. The van der Waals surface area contributed by atoms with Gasteiger partial charge in [0.15, 0.2) is 12.3 Å². The van der Waals surface area contributed by atoms with Crippen LogP contribution in [0.1, 0.15) is 32.1 Å². The molecule has 0 bridgehead atoms. The highest BCUT2D eigenvalue weighted by atomic mass is 32.1. The molecular formula is C39H49N4O2S2+3. The molecule has 0 amide bonds. The van der Waals surface area contributed by atoms with E-state index in [-0.39, 0.29) is 0 Å². The van der Waals surface area contributed by atoms with Gasteiger partial charge in [0.25, 0.3) is 5.52 Å². The Hall–Kier alpha value is -3.69. The molecule has 3 aromatic heterocycles. The van der Waals surface area contributed by atoms with E-state index in [1.165, 1.54) is 26.5 Å². The molecule has 0 N–H and O–H groups in total. The Kier molecular flexibility index (Phi) is 9.76. The molecule has 0 spiro atoms. The van der Waals surface area contributed by atoms with Crippen molar-refractivity contribution in [3.8, 4) is 26.6 Å². The number of ether oxygens (including phenoxy) is 1. The van der Waals surface area contributed by atoms with Gasteiger partial charge in [-0.3, -0.25) is 0 Å². The summed E-state index contributed by atoms with van der Waals surface area (Å²) in [5, 5.41) is 4.27. The summed E-state index contributed by atoms with van der Waals surface area (Å²) < 4.78 is 17.4. The first kappa shape index (κ1) is 33.2. The van der Waals surface area contributed by atoms with Gasteiger partial charge in [0.1, 0.15) is 0 Å². The first-order valence-corrected chi connectivity index (χ1v) is 18.4. The topological polar surface area (TPSA) is 29.5 Å². The fourth-order valence-corrected chi connectivity index (χ4v) is 7.49. The zero-order valence-corrected chi connectivity index (χ0v) is 30.6. The molecule has 0 atom stereocenters. The Morgan fingerprint density at radius 2 is 1.49 bits per heavy atom. The lowest BCUT2D eigenvalue weighted by molar-refractivity contribution is -0.873. The molecule has 4 heterocycles. The normalized spacial score (nSPS) is 14.7. The first-order valence-electron chi connectivity index (χ1n) is 16.6. The van der Waals surface area contributed by atoms with E-state index >= 15 is 0 Å². The van der Waals surface area contributed by atoms with Crippen LogP contribution in [0.25, 0.3) is 38.1 Å². The number of aryl methyl sites for hydroxylation is 1. The van der Waals surface area contributed by atoms with Crippen molar-refractivity contribution in [3.63, 3.8) is 0 Å². The van der Waals surface area contributed by atoms with Gasteiger partial charge >= 0.3 is 5.89 Å². The lowest BCUT2D eigenvalue weighted by Gasteiger charge is -2.26. The minimum atomic E-state index is 0.854. The minimum Gasteiger partial charge on any atom is -0.439 e. The third-order valence-electron chi connectivity index (χ3n) is 8.52. The maximum Gasteiger partial charge on any atom is 0.374 e. The standard InChI is InChI=1S/C39H49N4O2S2/c1-8-29(25-38-40(19-11-21-42(2,3)4)32-27-30(15-17-34(32)44-38)36-13-9-23-46-36)26-39-41(20-12-22-43(5,6)7)33-28-31(16-18-35(33)45-39)37-14-10-24-47-37/h9-10,13-18,23-28H,8,11-12,19-22H2,1-7H3/q+3. The number of oxazole rings is 1. The van der Waals surface area contributed by atoms with E-state index in [4.69, 9.17) is 9.15 Å². The predicted octanol–water partition coefficient (Wildman–Crippen LogP) is 8.90. The minimum absolute atomic E-state index is 0.854. The highest BCUT2D eigenvalue weighted by Gasteiger charge is 2.28. The average Bonchev–Trinajstić information content (AvgIpc) is 3.83. The molecule has 0 saturated carbocycles. The molecule has 0 aliphatic carbocycles. The van der Waals surface area contributed by atoms with Crippen LogP contribution in [-0.4, -0.2) is 70.9 Å². The fourth-order valence-electron chi connectivity index (χ4n) is 6.04. The summed E-state index contributed by atoms with van der Waals surface area (Å²) in [7, 11) is 13.5. The number of hydrogen-bond donors (Lipinski definition) is 0. The van der Waals surface area contributed by atoms with Gasteiger partial charge in [-0.05, 0) is 76.3 Å². The molecule has 246 valence electrons. The Bertz CT molecular complexity index is 1870. The summed E-state index contributed by atoms with van der Waals surface area (Å²) in [6, 6.07) is 21.8. The lowest BCUT2D eigenvalue weighted by Crippen LogP contribution is -2.41. The van der Waals surface area contributed by atoms with Gasteiger partial charge in [0.2, 0.25) is 11.5 Å². The van der Waals surface area contributed by atoms with E-state index < -0.39 is 0 Å². The average molecular weight is 670 g/mol. The summed E-state index contributed by atoms with van der Waals surface area (Å²) in [6.07, 6.45) is 7.41. The quantitative estimate of drug-likeness (QED) is 0.0927. The number of hydrogen-bond acceptors (Lipinski definition) is 5. The summed E-state index contributed by atoms with van der Waals surface area (Å²) in [5.41, 5.74) is 6.81. The largest absolute Gasteiger partial charge is 0.439 e. The number of nitrogens with zero attached hydrogens (tertiary/aromatic N) is 4. The molecule has 1 aliphatic heterocycles. The summed E-state index contributed by atoms with van der Waals surface area (Å²) in [5.74, 6) is 2.67. The number of anilines is 1. The van der Waals surface area contributed by atoms with E-state index in [9.17, 15) is 0 Å². The van der Waals surface area contributed by atoms with E-state index in [1.807, 2.05) is 0 Å². The number of fused-ring (bicyclic) bond motifs is 2. The van der Waals surface area contributed by atoms with Crippen molar-refractivity contribution in [3.05, 3.63) is 94.8 Å². The SMILES string of the molecule is CCC(=Cc1oc2ccc(-c3cccs3)cc2[n+]1CCC[N+](C)(C)C)C=C1Oc2ccc(-c3cccs3)cc2N1CCC[N+](C)(C)C. The maximum atomic E-state index is 6.60. The second kappa shape index (κ2) is 13.8. The van der Waals surface area contributed by atoms with Crippen molar-refractivity contribution in [1.82, 2.24) is 0 Å². The zero-order valence-electron chi connectivity index (χ0n) is 29.0. The molecule has 5 aromatic rings. The van der Waals surface area contributed by atoms with Crippen molar-refractivity contribution in [2.75, 3.05) is 66.8 Å². The monoisotopic (exact) mass is 669 g/mol. The summed E-state index contributed by atoms with van der Waals surface area (Å²) in [6.45, 7) is 6.15. The molecular weight excluding hydrogens is 621 g/mol. The number of benzene rings is 2. The third-order valence-corrected chi connectivity index (χ3v) is 10.4. The molecule has 6 rings (SSSR count). The highest BCUT2D eigenvalue weighted by molar-refractivity contribution is 7.13. The maximum absolute atomic E-state index is 6.60. The van der Waals surface area contributed by atoms with E-state index in [0.717, 1.165) is 88.7 Å². The Morgan fingerprint density at radius 3 is 2.13 bits per heavy atom. The zero-order chi connectivity index (χ0) is 33.2. The van der Waals surface area contributed by atoms with Gasteiger partial charge in [-0.25, -0.2) is 0 Å². The fraction of sp³-hybridized carbons (Fsp3) is 0.359. The van der Waals surface area contributed by atoms with Gasteiger partial charge in [0.05, 0.1) is 73.6 Å². The highest BCUT2D eigenvalue weighted by Crippen LogP contribution is 2.43. The van der Waals surface area contributed by atoms with Crippen LogP contribution in [0.5, 0.6) is 5.75 Å². The third kappa shape index (κ3) is 8.07. The van der Waals surface area contributed by atoms with Gasteiger partial charge in [0, 0.05) is 34.9 Å². The van der Waals surface area contributed by atoms with Crippen molar-refractivity contribution < 1.29 is 22.7 Å². The molecule has 2 aromatic carbocycles. The van der Waals surface area contributed by atoms with Crippen LogP contribution in [0.4, 0.5) is 5.69 Å². The lowest BCUT2D eigenvalue weighted by atomic mass is 10.1. The van der Waals surface area contributed by atoms with Gasteiger partial charge in [-0.2, -0.15) is 4.57 Å². The van der Waals surface area contributed by atoms with Crippen LogP contribution >= 0.6 is 22.7 Å². The van der Waals surface area contributed by atoms with Gasteiger partial charge < -0.3 is 23.0 Å². The number of aromatic nitrogens is 1. The first-order chi connectivity index (χ1) is 22.5.